The number of carbonyl (C=O) groups excluding carboxylic acids is 1. The number of hydrogen-bond donors (Lipinski definition) is 0. The lowest BCUT2D eigenvalue weighted by molar-refractivity contribution is 0.00750. The number of esters is 1. The van der Waals surface area contributed by atoms with Crippen LogP contribution in [0.15, 0.2) is 6.20 Å². The van der Waals surface area contributed by atoms with Gasteiger partial charge in [-0.25, -0.2) is 4.79 Å². The zero-order valence-electron chi connectivity index (χ0n) is 7.83. The summed E-state index contributed by atoms with van der Waals surface area (Å²) in [7, 11) is 5.38. The first-order chi connectivity index (χ1) is 5.88. The van der Waals surface area contributed by atoms with Gasteiger partial charge in [0.25, 0.3) is 0 Å². The molecule has 3 nitrogen and oxygen atoms in total. The molecule has 5 heteroatoms. The highest BCUT2D eigenvalue weighted by Gasteiger charge is 2.19. The molecule has 0 aromatic carbocycles. The second-order valence-electron chi connectivity index (χ2n) is 3.56. The Labute approximate surface area is 82.5 Å². The summed E-state index contributed by atoms with van der Waals surface area (Å²) in [5, 5.41) is 0. The summed E-state index contributed by atoms with van der Waals surface area (Å²) in [5.41, 5.74) is -0.476. The van der Waals surface area contributed by atoms with E-state index >= 15 is 0 Å². The van der Waals surface area contributed by atoms with Gasteiger partial charge in [-0.2, -0.15) is 0 Å². The fourth-order valence-corrected chi connectivity index (χ4v) is 1.27. The molecule has 0 saturated heterocycles. The first kappa shape index (κ1) is 10.2. The van der Waals surface area contributed by atoms with Gasteiger partial charge in [0.15, 0.2) is 7.85 Å². The van der Waals surface area contributed by atoms with Crippen molar-refractivity contribution in [2.75, 3.05) is 0 Å². The van der Waals surface area contributed by atoms with E-state index in [-0.39, 0.29) is 5.97 Å². The summed E-state index contributed by atoms with van der Waals surface area (Å²) in [4.78, 5) is 15.9. The number of carbonyl (C=O) groups is 1. The molecule has 0 amide bonds. The predicted octanol–water partition coefficient (Wildman–Crippen LogP) is 0.892. The maximum atomic E-state index is 11.4. The van der Waals surface area contributed by atoms with Crippen LogP contribution in [-0.4, -0.2) is 24.4 Å². The van der Waals surface area contributed by atoms with E-state index in [9.17, 15) is 4.79 Å². The molecule has 0 aliphatic carbocycles. The second-order valence-corrected chi connectivity index (χ2v) is 4.63. The van der Waals surface area contributed by atoms with Crippen molar-refractivity contribution in [1.82, 2.24) is 4.98 Å². The van der Waals surface area contributed by atoms with Crippen LogP contribution in [0, 0.1) is 0 Å². The van der Waals surface area contributed by atoms with Crippen LogP contribution < -0.4 is 4.91 Å². The number of rotatable bonds is 1. The topological polar surface area (TPSA) is 39.2 Å². The Balaban J connectivity index is 2.70. The van der Waals surface area contributed by atoms with Crippen LogP contribution in [0.5, 0.6) is 0 Å². The van der Waals surface area contributed by atoms with Crippen molar-refractivity contribution < 1.29 is 9.53 Å². The van der Waals surface area contributed by atoms with Crippen LogP contribution in [0.2, 0.25) is 0 Å². The molecule has 0 aliphatic heterocycles. The fourth-order valence-electron chi connectivity index (χ4n) is 0.710. The van der Waals surface area contributed by atoms with E-state index in [0.717, 1.165) is 11.3 Å². The van der Waals surface area contributed by atoms with Gasteiger partial charge in [0, 0.05) is 4.91 Å². The molecular formula is C8H10BNO2S. The predicted molar refractivity (Wildman–Crippen MR) is 52.7 cm³/mol. The molecule has 0 atom stereocenters. The number of thiazole rings is 1. The molecule has 1 aromatic rings. The van der Waals surface area contributed by atoms with Crippen LogP contribution in [0.25, 0.3) is 0 Å². The Bertz CT molecular complexity index is 316. The maximum Gasteiger partial charge on any atom is 0.350 e. The van der Waals surface area contributed by atoms with Crippen molar-refractivity contribution in [3.05, 3.63) is 11.1 Å². The van der Waals surface area contributed by atoms with E-state index < -0.39 is 5.60 Å². The highest BCUT2D eigenvalue weighted by atomic mass is 32.1. The Kier molecular flexibility index (Phi) is 2.76. The van der Waals surface area contributed by atoms with Gasteiger partial charge in [-0.15, -0.1) is 11.3 Å². The number of hydrogen-bond acceptors (Lipinski definition) is 4. The molecule has 1 rings (SSSR count). The molecule has 0 N–H and O–H groups in total. The van der Waals surface area contributed by atoms with E-state index in [0.29, 0.717) is 9.78 Å². The molecule has 0 bridgehead atoms. The lowest BCUT2D eigenvalue weighted by atomic mass is 10.2. The lowest BCUT2D eigenvalue weighted by Crippen LogP contribution is -2.23. The SMILES string of the molecule is [B]c1ncc(C(=O)OC(C)(C)C)s1. The minimum absolute atomic E-state index is 0.373. The van der Waals surface area contributed by atoms with E-state index in [4.69, 9.17) is 12.6 Å². The lowest BCUT2D eigenvalue weighted by Gasteiger charge is -2.18. The highest BCUT2D eigenvalue weighted by molar-refractivity contribution is 7.21. The number of aromatic nitrogens is 1. The first-order valence-electron chi connectivity index (χ1n) is 3.83. The monoisotopic (exact) mass is 195 g/mol. The Morgan fingerprint density at radius 3 is 2.62 bits per heavy atom. The standard InChI is InChI=1S/C8H10BNO2S/c1-8(2,3)12-6(11)5-4-10-7(9)13-5/h4H,1-3H3. The Morgan fingerprint density at radius 2 is 2.23 bits per heavy atom. The van der Waals surface area contributed by atoms with Crippen molar-refractivity contribution in [2.24, 2.45) is 0 Å². The molecule has 0 unspecified atom stereocenters. The van der Waals surface area contributed by atoms with Crippen molar-refractivity contribution in [2.45, 2.75) is 26.4 Å². The molecule has 68 valence electrons. The van der Waals surface area contributed by atoms with E-state index in [1.165, 1.54) is 6.20 Å². The number of ether oxygens (including phenoxy) is 1. The van der Waals surface area contributed by atoms with Crippen molar-refractivity contribution in [3.8, 4) is 0 Å². The van der Waals surface area contributed by atoms with E-state index in [1.54, 1.807) is 0 Å². The molecule has 0 spiro atoms. The van der Waals surface area contributed by atoms with Crippen LogP contribution in [0.1, 0.15) is 30.4 Å². The average molecular weight is 195 g/mol. The molecule has 13 heavy (non-hydrogen) atoms. The maximum absolute atomic E-state index is 11.4. The first-order valence-corrected chi connectivity index (χ1v) is 4.65. The van der Waals surface area contributed by atoms with Gasteiger partial charge in [0.05, 0.1) is 6.20 Å². The second kappa shape index (κ2) is 3.50. The summed E-state index contributed by atoms with van der Waals surface area (Å²) >= 11 is 1.13. The highest BCUT2D eigenvalue weighted by Crippen LogP contribution is 2.13. The summed E-state index contributed by atoms with van der Waals surface area (Å²) < 4.78 is 5.11. The Morgan fingerprint density at radius 1 is 1.62 bits per heavy atom. The molecule has 0 aliphatic rings. The van der Waals surface area contributed by atoms with Gasteiger partial charge >= 0.3 is 5.97 Å². The quantitative estimate of drug-likeness (QED) is 0.493. The van der Waals surface area contributed by atoms with Gasteiger partial charge in [-0.3, -0.25) is 4.98 Å². The smallest absolute Gasteiger partial charge is 0.350 e. The minimum Gasteiger partial charge on any atom is -0.456 e. The van der Waals surface area contributed by atoms with Gasteiger partial charge in [0.2, 0.25) is 0 Å². The van der Waals surface area contributed by atoms with Crippen molar-refractivity contribution in [1.29, 1.82) is 0 Å². The zero-order valence-corrected chi connectivity index (χ0v) is 8.64. The van der Waals surface area contributed by atoms with Gasteiger partial charge in [-0.1, -0.05) is 0 Å². The summed E-state index contributed by atoms with van der Waals surface area (Å²) in [5.74, 6) is -0.373. The third kappa shape index (κ3) is 3.18. The average Bonchev–Trinajstić information content (AvgIpc) is 2.31. The molecule has 0 fully saturated rings. The van der Waals surface area contributed by atoms with Crippen LogP contribution >= 0.6 is 11.3 Å². The van der Waals surface area contributed by atoms with Gasteiger partial charge in [0.1, 0.15) is 10.5 Å². The fraction of sp³-hybridized carbons (Fsp3) is 0.500. The van der Waals surface area contributed by atoms with E-state index in [1.807, 2.05) is 20.8 Å². The van der Waals surface area contributed by atoms with E-state index in [2.05, 4.69) is 4.98 Å². The van der Waals surface area contributed by atoms with Crippen LogP contribution in [0.3, 0.4) is 0 Å². The van der Waals surface area contributed by atoms with Crippen LogP contribution in [0.4, 0.5) is 0 Å². The third-order valence-corrected chi connectivity index (χ3v) is 1.93. The van der Waals surface area contributed by atoms with Gasteiger partial charge in [-0.05, 0) is 20.8 Å². The normalized spacial score (nSPS) is 11.3. The molecule has 1 aromatic heterocycles. The zero-order chi connectivity index (χ0) is 10.1. The molecular weight excluding hydrogens is 185 g/mol. The number of nitrogens with zero attached hydrogens (tertiary/aromatic N) is 1. The largest absolute Gasteiger partial charge is 0.456 e. The molecule has 0 saturated carbocycles. The minimum atomic E-state index is -0.476. The van der Waals surface area contributed by atoms with Crippen LogP contribution in [-0.2, 0) is 4.74 Å². The third-order valence-electron chi connectivity index (χ3n) is 1.12. The Hall–Kier alpha value is -0.835. The van der Waals surface area contributed by atoms with Crippen molar-refractivity contribution in [3.63, 3.8) is 0 Å². The summed E-state index contributed by atoms with van der Waals surface area (Å²) in [6.45, 7) is 5.44. The summed E-state index contributed by atoms with van der Waals surface area (Å²) in [6.07, 6.45) is 1.42. The van der Waals surface area contributed by atoms with Crippen molar-refractivity contribution >= 4 is 30.1 Å². The molecule has 2 radical (unpaired) electrons. The summed E-state index contributed by atoms with van der Waals surface area (Å²) in [6, 6.07) is 0. The van der Waals surface area contributed by atoms with Gasteiger partial charge < -0.3 is 4.74 Å². The molecule has 1 heterocycles.